The summed E-state index contributed by atoms with van der Waals surface area (Å²) in [5.41, 5.74) is -3.11. The molecule has 0 spiro atoms. The molecule has 2 atom stereocenters. The van der Waals surface area contributed by atoms with Gasteiger partial charge in [-0.1, -0.05) is 12.6 Å². The van der Waals surface area contributed by atoms with E-state index in [1.54, 1.807) is 17.4 Å². The summed E-state index contributed by atoms with van der Waals surface area (Å²) in [6.07, 6.45) is 0. The number of nitrogens with one attached hydrogen (secondary N) is 2. The van der Waals surface area contributed by atoms with Gasteiger partial charge in [0.1, 0.15) is 17.4 Å². The van der Waals surface area contributed by atoms with Crippen molar-refractivity contribution < 1.29 is 54.2 Å². The number of likely N-dealkylation sites (tertiary alicyclic amines) is 1. The quantitative estimate of drug-likeness (QED) is 0.0547. The molecule has 220 valence electrons. The van der Waals surface area contributed by atoms with Crippen LogP contribution in [0.1, 0.15) is 11.1 Å². The smallest absolute Gasteiger partial charge is 0.288 e. The fraction of sp³-hybridized carbons (Fsp3) is 0.400. The summed E-state index contributed by atoms with van der Waals surface area (Å²) in [6.45, 7) is 5.27. The number of imide groups is 1. The zero-order valence-electron chi connectivity index (χ0n) is 22.1. The minimum Gasteiger partial charge on any atom is -0.505 e. The fourth-order valence-electron chi connectivity index (χ4n) is 4.94. The van der Waals surface area contributed by atoms with Gasteiger partial charge in [-0.05, 0) is 17.7 Å². The van der Waals surface area contributed by atoms with Crippen molar-refractivity contribution in [2.75, 3.05) is 32.8 Å². The number of hydrogen-bond acceptors (Lipinski definition) is 12. The Kier molecular flexibility index (Phi) is 8.15. The second-order valence-corrected chi connectivity index (χ2v) is 10.1. The SMILES string of the molecule is BC1(O)C(N2CC(=C(/O)NCc3cc(CN4CCOCC4)ccc3F)/C(=C(/O)C(=C)O)C2=O)C(=O)NC(=O)C1(O)O. The van der Waals surface area contributed by atoms with Crippen LogP contribution in [0.5, 0.6) is 0 Å². The van der Waals surface area contributed by atoms with Crippen molar-refractivity contribution in [2.24, 2.45) is 0 Å². The molecule has 16 heteroatoms. The predicted octanol–water partition coefficient (Wildman–Crippen LogP) is -2.73. The molecule has 8 N–H and O–H groups in total. The summed E-state index contributed by atoms with van der Waals surface area (Å²) in [4.78, 5) is 40.6. The van der Waals surface area contributed by atoms with Crippen LogP contribution in [0.15, 0.2) is 53.3 Å². The van der Waals surface area contributed by atoms with Crippen LogP contribution >= 0.6 is 0 Å². The standard InChI is InChI=1S/C25H30BFN4O10/c1-12(32)18(33)17-15(11-31(22(17)36)19-21(35)29-23(37)25(39,40)24(19,26)38)20(34)28-9-14-8-13(2-3-16(14)27)10-30-4-6-41-7-5-30/h2-3,8,19,28,32-34,38-40H,1,4-7,9-11,26H2,(H,29,35,37)/b18-17-,20-15-. The van der Waals surface area contributed by atoms with E-state index in [0.29, 0.717) is 37.7 Å². The highest BCUT2D eigenvalue weighted by molar-refractivity contribution is 6.24. The van der Waals surface area contributed by atoms with Crippen LogP contribution in [0.3, 0.4) is 0 Å². The molecule has 4 rings (SSSR count). The van der Waals surface area contributed by atoms with Crippen molar-refractivity contribution in [3.63, 3.8) is 0 Å². The molecule has 0 aromatic heterocycles. The summed E-state index contributed by atoms with van der Waals surface area (Å²) in [6, 6.07) is 2.39. The Morgan fingerprint density at radius 3 is 2.46 bits per heavy atom. The van der Waals surface area contributed by atoms with Gasteiger partial charge in [-0.2, -0.15) is 0 Å². The van der Waals surface area contributed by atoms with E-state index >= 15 is 0 Å². The van der Waals surface area contributed by atoms with E-state index in [-0.39, 0.29) is 12.1 Å². The number of rotatable bonds is 7. The second kappa shape index (κ2) is 11.1. The van der Waals surface area contributed by atoms with Crippen molar-refractivity contribution in [3.8, 4) is 0 Å². The summed E-state index contributed by atoms with van der Waals surface area (Å²) >= 11 is 0. The Labute approximate surface area is 234 Å². The van der Waals surface area contributed by atoms with E-state index in [4.69, 9.17) is 4.74 Å². The van der Waals surface area contributed by atoms with Crippen LogP contribution in [0, 0.1) is 5.82 Å². The topological polar surface area (TPSA) is 212 Å². The Bertz CT molecular complexity index is 1360. The van der Waals surface area contributed by atoms with Crippen molar-refractivity contribution in [2.45, 2.75) is 30.4 Å². The monoisotopic (exact) mass is 576 g/mol. The lowest BCUT2D eigenvalue weighted by molar-refractivity contribution is -0.252. The minimum absolute atomic E-state index is 0.156. The Hall–Kier alpha value is -3.96. The number of ether oxygens (including phenoxy) is 1. The number of aliphatic hydroxyl groups is 6. The van der Waals surface area contributed by atoms with Crippen LogP contribution in [0.25, 0.3) is 0 Å². The normalized spacial score (nSPS) is 27.5. The Balaban J connectivity index is 1.64. The number of halogens is 1. The molecule has 0 aliphatic carbocycles. The third-order valence-electron chi connectivity index (χ3n) is 7.32. The van der Waals surface area contributed by atoms with Crippen LogP contribution < -0.4 is 10.6 Å². The lowest BCUT2D eigenvalue weighted by atomic mass is 9.66. The van der Waals surface area contributed by atoms with Crippen molar-refractivity contribution in [1.82, 2.24) is 20.4 Å². The van der Waals surface area contributed by atoms with E-state index < -0.39 is 76.0 Å². The van der Waals surface area contributed by atoms with E-state index in [1.807, 2.05) is 0 Å². The molecule has 3 fully saturated rings. The number of piperidine rings is 1. The van der Waals surface area contributed by atoms with E-state index in [1.165, 1.54) is 6.07 Å². The van der Waals surface area contributed by atoms with Gasteiger partial charge in [0.2, 0.25) is 0 Å². The second-order valence-electron chi connectivity index (χ2n) is 10.1. The van der Waals surface area contributed by atoms with Crippen LogP contribution in [-0.4, -0.2) is 116 Å². The number of nitrogens with zero attached hydrogens (tertiary/aromatic N) is 2. The first-order valence-electron chi connectivity index (χ1n) is 12.6. The summed E-state index contributed by atoms with van der Waals surface area (Å²) in [5.74, 6) is -11.0. The Morgan fingerprint density at radius 2 is 1.83 bits per heavy atom. The van der Waals surface area contributed by atoms with E-state index in [0.717, 1.165) is 13.4 Å². The van der Waals surface area contributed by atoms with Crippen molar-refractivity contribution in [1.29, 1.82) is 0 Å². The van der Waals surface area contributed by atoms with Gasteiger partial charge in [0.15, 0.2) is 25.2 Å². The molecule has 14 nitrogen and oxygen atoms in total. The number of amides is 3. The van der Waals surface area contributed by atoms with E-state index in [2.05, 4.69) is 16.8 Å². The molecule has 0 bridgehead atoms. The summed E-state index contributed by atoms with van der Waals surface area (Å²) < 4.78 is 19.9. The minimum atomic E-state index is -3.51. The van der Waals surface area contributed by atoms with Gasteiger partial charge >= 0.3 is 0 Å². The molecule has 1 aromatic rings. The average molecular weight is 576 g/mol. The number of hydrogen-bond donors (Lipinski definition) is 8. The van der Waals surface area contributed by atoms with Crippen LogP contribution in [0.2, 0.25) is 0 Å². The predicted molar refractivity (Wildman–Crippen MR) is 140 cm³/mol. The molecule has 3 heterocycles. The zero-order valence-corrected chi connectivity index (χ0v) is 22.1. The maximum absolute atomic E-state index is 14.6. The van der Waals surface area contributed by atoms with Crippen molar-refractivity contribution >= 4 is 25.6 Å². The molecule has 3 amide bonds. The average Bonchev–Trinajstić information content (AvgIpc) is 3.24. The molecular weight excluding hydrogens is 546 g/mol. The number of aliphatic hydroxyl groups excluding tert-OH is 3. The van der Waals surface area contributed by atoms with E-state index in [9.17, 15) is 49.4 Å². The van der Waals surface area contributed by atoms with Gasteiger partial charge in [-0.3, -0.25) is 24.6 Å². The summed E-state index contributed by atoms with van der Waals surface area (Å²) in [5, 5.41) is 66.4. The summed E-state index contributed by atoms with van der Waals surface area (Å²) in [7, 11) is 0.738. The molecule has 41 heavy (non-hydrogen) atoms. The molecule has 1 aromatic carbocycles. The highest BCUT2D eigenvalue weighted by Gasteiger charge is 2.64. The number of carbonyl (C=O) groups is 3. The third kappa shape index (κ3) is 5.51. The number of carbonyl (C=O) groups excluding carboxylic acids is 3. The maximum atomic E-state index is 14.6. The third-order valence-corrected chi connectivity index (χ3v) is 7.32. The van der Waals surface area contributed by atoms with Crippen molar-refractivity contribution in [3.05, 3.63) is 70.3 Å². The first-order chi connectivity index (χ1) is 19.2. The lowest BCUT2D eigenvalue weighted by Gasteiger charge is -2.46. The molecule has 0 saturated carbocycles. The van der Waals surface area contributed by atoms with Gasteiger partial charge in [0.25, 0.3) is 23.5 Å². The van der Waals surface area contributed by atoms with Gasteiger partial charge < -0.3 is 45.6 Å². The van der Waals surface area contributed by atoms with Gasteiger partial charge in [0.05, 0.1) is 25.3 Å². The maximum Gasteiger partial charge on any atom is 0.288 e. The van der Waals surface area contributed by atoms with Gasteiger partial charge in [-0.25, -0.2) is 4.39 Å². The molecule has 3 aliphatic heterocycles. The number of benzene rings is 1. The highest BCUT2D eigenvalue weighted by Crippen LogP contribution is 2.36. The lowest BCUT2D eigenvalue weighted by Crippen LogP contribution is -2.79. The van der Waals surface area contributed by atoms with Gasteiger partial charge in [-0.15, -0.1) is 0 Å². The highest BCUT2D eigenvalue weighted by atomic mass is 19.1. The first-order valence-corrected chi connectivity index (χ1v) is 12.6. The molecule has 2 unspecified atom stereocenters. The largest absolute Gasteiger partial charge is 0.505 e. The number of morpholine rings is 1. The molecular formula is C25H30BFN4O10. The first kappa shape index (κ1) is 30.0. The zero-order chi connectivity index (χ0) is 30.3. The molecule has 3 aliphatic rings. The molecule has 0 radical (unpaired) electrons. The van der Waals surface area contributed by atoms with Crippen LogP contribution in [0.4, 0.5) is 4.39 Å². The van der Waals surface area contributed by atoms with Crippen LogP contribution in [-0.2, 0) is 32.2 Å². The molecule has 3 saturated heterocycles. The fourth-order valence-corrected chi connectivity index (χ4v) is 4.94. The Morgan fingerprint density at radius 1 is 1.17 bits per heavy atom. The van der Waals surface area contributed by atoms with Gasteiger partial charge in [0, 0.05) is 37.3 Å².